The number of methoxy groups -OCH3 is 1. The van der Waals surface area contributed by atoms with Gasteiger partial charge in [0.05, 0.1) is 31.6 Å². The second kappa shape index (κ2) is 12.6. The van der Waals surface area contributed by atoms with Crippen molar-refractivity contribution in [1.82, 2.24) is 19.9 Å². The quantitative estimate of drug-likeness (QED) is 0.218. The molecule has 9 nitrogen and oxygen atoms in total. The summed E-state index contributed by atoms with van der Waals surface area (Å²) in [5.74, 6) is 1.61. The molecule has 4 aromatic rings. The van der Waals surface area contributed by atoms with Crippen LogP contribution in [-0.2, 0) is 4.74 Å². The monoisotopic (exact) mass is 486 g/mol. The second-order valence-electron chi connectivity index (χ2n) is 8.01. The van der Waals surface area contributed by atoms with Crippen molar-refractivity contribution in [2.75, 3.05) is 23.9 Å². The van der Waals surface area contributed by atoms with Gasteiger partial charge in [-0.2, -0.15) is 0 Å². The fourth-order valence-electron chi connectivity index (χ4n) is 3.76. The molecule has 0 amide bonds. The molecule has 0 radical (unpaired) electrons. The molecule has 1 atom stereocenters. The molecule has 0 saturated heterocycles. The van der Waals surface area contributed by atoms with Crippen molar-refractivity contribution in [3.8, 4) is 5.88 Å². The van der Waals surface area contributed by atoms with Crippen LogP contribution in [-0.4, -0.2) is 45.2 Å². The van der Waals surface area contributed by atoms with Gasteiger partial charge in [0.25, 0.3) is 0 Å². The number of pyridine rings is 4. The van der Waals surface area contributed by atoms with Crippen molar-refractivity contribution in [2.24, 2.45) is 0 Å². The van der Waals surface area contributed by atoms with E-state index in [0.717, 1.165) is 29.7 Å². The van der Waals surface area contributed by atoms with E-state index in [-0.39, 0.29) is 6.04 Å². The molecule has 4 rings (SSSR count). The summed E-state index contributed by atoms with van der Waals surface area (Å²) in [7, 11) is 1.58. The Bertz CT molecular complexity index is 1160. The third-order valence-corrected chi connectivity index (χ3v) is 5.49. The number of rotatable bonds is 12. The molecule has 2 N–H and O–H groups in total. The number of unbranched alkanes of at least 4 members (excludes halogenated alkanes) is 1. The molecule has 0 aromatic carbocycles. The maximum atomic E-state index is 10.3. The molecule has 0 spiro atoms. The molecule has 0 saturated carbocycles. The van der Waals surface area contributed by atoms with Gasteiger partial charge in [-0.25, -0.2) is 9.97 Å². The fourth-order valence-corrected chi connectivity index (χ4v) is 3.76. The van der Waals surface area contributed by atoms with Crippen LogP contribution in [0.3, 0.4) is 0 Å². The van der Waals surface area contributed by atoms with Gasteiger partial charge in [-0.3, -0.25) is 9.97 Å². The summed E-state index contributed by atoms with van der Waals surface area (Å²) in [5, 5.41) is 13.2. The molecule has 0 fully saturated rings. The third-order valence-electron chi connectivity index (χ3n) is 5.49. The second-order valence-corrected chi connectivity index (χ2v) is 8.01. The molecule has 4 aromatic heterocycles. The Hall–Kier alpha value is -4.08. The van der Waals surface area contributed by atoms with Crippen LogP contribution >= 0.6 is 0 Å². The molecule has 1 unspecified atom stereocenters. The first-order chi connectivity index (χ1) is 17.7. The lowest BCUT2D eigenvalue weighted by molar-refractivity contribution is -0.0790. The number of anilines is 3. The predicted molar refractivity (Wildman–Crippen MR) is 138 cm³/mol. The van der Waals surface area contributed by atoms with E-state index in [2.05, 4.69) is 32.1 Å². The summed E-state index contributed by atoms with van der Waals surface area (Å²) in [6, 6.07) is 16.8. The Morgan fingerprint density at radius 2 is 1.69 bits per heavy atom. The molecule has 0 aliphatic rings. The van der Waals surface area contributed by atoms with Gasteiger partial charge in [0.2, 0.25) is 12.3 Å². The van der Waals surface area contributed by atoms with E-state index in [9.17, 15) is 5.11 Å². The largest absolute Gasteiger partial charge is 0.481 e. The number of hydrogen-bond acceptors (Lipinski definition) is 9. The van der Waals surface area contributed by atoms with E-state index >= 15 is 0 Å². The minimum atomic E-state index is -1.16. The van der Waals surface area contributed by atoms with Gasteiger partial charge in [-0.05, 0) is 47.9 Å². The van der Waals surface area contributed by atoms with Crippen molar-refractivity contribution in [2.45, 2.75) is 32.2 Å². The molecule has 0 aliphatic carbocycles. The van der Waals surface area contributed by atoms with Gasteiger partial charge in [0, 0.05) is 30.9 Å². The number of nitrogens with one attached hydrogen (secondary N) is 1. The number of aliphatic hydroxyl groups excluding tert-OH is 1. The number of ether oxygens (including phenoxy) is 2. The zero-order valence-corrected chi connectivity index (χ0v) is 20.4. The molecular weight excluding hydrogens is 456 g/mol. The lowest BCUT2D eigenvalue weighted by Crippen LogP contribution is -2.27. The van der Waals surface area contributed by atoms with Crippen LogP contribution in [0.1, 0.15) is 36.9 Å². The van der Waals surface area contributed by atoms with Gasteiger partial charge in [0.15, 0.2) is 0 Å². The minimum absolute atomic E-state index is 0.309. The maximum Gasteiger partial charge on any atom is 0.236 e. The van der Waals surface area contributed by atoms with Crippen LogP contribution in [0, 0.1) is 0 Å². The Morgan fingerprint density at radius 3 is 2.28 bits per heavy atom. The van der Waals surface area contributed by atoms with Crippen molar-refractivity contribution >= 4 is 17.3 Å². The van der Waals surface area contributed by atoms with E-state index in [1.54, 1.807) is 37.8 Å². The Balaban J connectivity index is 1.77. The predicted octanol–water partition coefficient (Wildman–Crippen LogP) is 4.71. The average Bonchev–Trinajstić information content (AvgIpc) is 2.93. The lowest BCUT2D eigenvalue weighted by atomic mass is 9.99. The highest BCUT2D eigenvalue weighted by Crippen LogP contribution is 2.38. The SMILES string of the molecule is CCCCOC(O)Nc1cccc(N(c2ccc(OC)nc2)C(c2cccnc2)c2cccnc2)n1. The first-order valence-corrected chi connectivity index (χ1v) is 11.8. The van der Waals surface area contributed by atoms with Crippen LogP contribution in [0.15, 0.2) is 85.6 Å². The van der Waals surface area contributed by atoms with Crippen LogP contribution in [0.25, 0.3) is 0 Å². The molecule has 0 aliphatic heterocycles. The van der Waals surface area contributed by atoms with Gasteiger partial charge >= 0.3 is 0 Å². The molecule has 9 heteroatoms. The summed E-state index contributed by atoms with van der Waals surface area (Å²) in [6.45, 7) is 2.52. The first-order valence-electron chi connectivity index (χ1n) is 11.8. The number of aliphatic hydroxyl groups is 1. The minimum Gasteiger partial charge on any atom is -0.481 e. The topological polar surface area (TPSA) is 106 Å². The average molecular weight is 487 g/mol. The van der Waals surface area contributed by atoms with Crippen molar-refractivity contribution < 1.29 is 14.6 Å². The van der Waals surface area contributed by atoms with E-state index in [4.69, 9.17) is 14.5 Å². The standard InChI is InChI=1S/C27H30N6O3/c1-3-4-16-36-27(34)32-23-10-5-11-24(31-23)33(22-12-13-25(35-2)30-19-22)26(20-8-6-14-28-17-20)21-9-7-15-29-18-21/h5-15,17-19,26-27,34H,3-4,16H2,1-2H3,(H,31,32). The highest BCUT2D eigenvalue weighted by molar-refractivity contribution is 5.65. The van der Waals surface area contributed by atoms with E-state index < -0.39 is 6.41 Å². The Labute approximate surface area is 210 Å². The Kier molecular flexibility index (Phi) is 8.74. The molecular formula is C27H30N6O3. The smallest absolute Gasteiger partial charge is 0.236 e. The zero-order valence-electron chi connectivity index (χ0n) is 20.4. The van der Waals surface area contributed by atoms with Crippen LogP contribution in [0.5, 0.6) is 5.88 Å². The number of nitrogens with zero attached hydrogens (tertiary/aromatic N) is 5. The summed E-state index contributed by atoms with van der Waals surface area (Å²) in [4.78, 5) is 20.0. The van der Waals surface area contributed by atoms with E-state index in [1.165, 1.54) is 0 Å². The molecule has 0 bridgehead atoms. The van der Waals surface area contributed by atoms with Gasteiger partial charge in [-0.15, -0.1) is 0 Å². The van der Waals surface area contributed by atoms with Crippen LogP contribution in [0.2, 0.25) is 0 Å². The van der Waals surface area contributed by atoms with Crippen molar-refractivity contribution in [1.29, 1.82) is 0 Å². The van der Waals surface area contributed by atoms with E-state index in [1.807, 2.05) is 54.9 Å². The summed E-state index contributed by atoms with van der Waals surface area (Å²) < 4.78 is 10.7. The first kappa shape index (κ1) is 25.0. The summed E-state index contributed by atoms with van der Waals surface area (Å²) in [5.41, 5.74) is 2.69. The van der Waals surface area contributed by atoms with Gasteiger partial charge < -0.3 is 24.8 Å². The highest BCUT2D eigenvalue weighted by Gasteiger charge is 2.27. The van der Waals surface area contributed by atoms with Crippen LogP contribution < -0.4 is 15.0 Å². The number of hydrogen-bond donors (Lipinski definition) is 2. The normalized spacial score (nSPS) is 11.8. The summed E-state index contributed by atoms with van der Waals surface area (Å²) in [6.07, 6.45) is 9.56. The zero-order chi connectivity index (χ0) is 25.2. The van der Waals surface area contributed by atoms with Crippen molar-refractivity contribution in [3.63, 3.8) is 0 Å². The van der Waals surface area contributed by atoms with Crippen LogP contribution in [0.4, 0.5) is 17.3 Å². The molecule has 4 heterocycles. The number of aromatic nitrogens is 4. The highest BCUT2D eigenvalue weighted by atomic mass is 16.6. The molecule has 186 valence electrons. The van der Waals surface area contributed by atoms with E-state index in [0.29, 0.717) is 24.1 Å². The lowest BCUT2D eigenvalue weighted by Gasteiger charge is -2.33. The maximum absolute atomic E-state index is 10.3. The molecule has 36 heavy (non-hydrogen) atoms. The van der Waals surface area contributed by atoms with Gasteiger partial charge in [0.1, 0.15) is 11.6 Å². The third kappa shape index (κ3) is 6.32. The fraction of sp³-hybridized carbons (Fsp3) is 0.259. The van der Waals surface area contributed by atoms with Gasteiger partial charge in [-0.1, -0.05) is 31.5 Å². The summed E-state index contributed by atoms with van der Waals surface area (Å²) >= 11 is 0. The Morgan fingerprint density at radius 1 is 0.944 bits per heavy atom. The van der Waals surface area contributed by atoms with Crippen molar-refractivity contribution in [3.05, 3.63) is 96.7 Å².